The summed E-state index contributed by atoms with van der Waals surface area (Å²) in [5.74, 6) is 1.37. The highest BCUT2D eigenvalue weighted by Gasteiger charge is 2.07. The average Bonchev–Trinajstić information content (AvgIpc) is 2.48. The maximum absolute atomic E-state index is 10.1. The topological polar surface area (TPSA) is 29.5 Å². The van der Waals surface area contributed by atoms with Gasteiger partial charge in [0.1, 0.15) is 5.75 Å². The summed E-state index contributed by atoms with van der Waals surface area (Å²) in [6, 6.07) is 17.8. The molecule has 0 spiro atoms. The molecule has 0 aliphatic heterocycles. The molecule has 0 amide bonds. The van der Waals surface area contributed by atoms with Gasteiger partial charge < -0.3 is 9.84 Å². The second-order valence-electron chi connectivity index (χ2n) is 5.29. The van der Waals surface area contributed by atoms with Gasteiger partial charge in [0.15, 0.2) is 0 Å². The first-order valence-corrected chi connectivity index (χ1v) is 7.12. The van der Waals surface area contributed by atoms with Crippen LogP contribution < -0.4 is 4.74 Å². The van der Waals surface area contributed by atoms with Gasteiger partial charge in [0.25, 0.3) is 0 Å². The monoisotopic (exact) mass is 270 g/mol. The molecule has 0 saturated carbocycles. The zero-order valence-corrected chi connectivity index (χ0v) is 12.1. The van der Waals surface area contributed by atoms with E-state index in [1.807, 2.05) is 42.5 Å². The van der Waals surface area contributed by atoms with Crippen molar-refractivity contribution >= 4 is 0 Å². The number of aliphatic hydroxyl groups is 1. The molecule has 0 aliphatic carbocycles. The highest BCUT2D eigenvalue weighted by molar-refractivity contribution is 5.30. The summed E-state index contributed by atoms with van der Waals surface area (Å²) in [5, 5.41) is 10.1. The number of rotatable bonds is 6. The lowest BCUT2D eigenvalue weighted by Crippen LogP contribution is -2.05. The molecule has 2 aromatic rings. The summed E-state index contributed by atoms with van der Waals surface area (Å²) >= 11 is 0. The van der Waals surface area contributed by atoms with Crippen molar-refractivity contribution in [1.82, 2.24) is 0 Å². The fourth-order valence-corrected chi connectivity index (χ4v) is 2.09. The lowest BCUT2D eigenvalue weighted by molar-refractivity contribution is 0.141. The van der Waals surface area contributed by atoms with Crippen LogP contribution in [0.2, 0.25) is 0 Å². The minimum absolute atomic E-state index is 0.468. The Morgan fingerprint density at radius 1 is 0.950 bits per heavy atom. The van der Waals surface area contributed by atoms with E-state index in [2.05, 4.69) is 26.0 Å². The SMILES string of the molecule is CC(C)c1cccc(OCCC(O)c2ccccc2)c1. The second-order valence-corrected chi connectivity index (χ2v) is 5.29. The Kier molecular flexibility index (Phi) is 5.19. The molecular weight excluding hydrogens is 248 g/mol. The van der Waals surface area contributed by atoms with E-state index >= 15 is 0 Å². The third-order valence-corrected chi connectivity index (χ3v) is 3.37. The largest absolute Gasteiger partial charge is 0.493 e. The molecule has 1 unspecified atom stereocenters. The smallest absolute Gasteiger partial charge is 0.119 e. The molecule has 0 aliphatic rings. The Hall–Kier alpha value is -1.80. The van der Waals surface area contributed by atoms with Gasteiger partial charge in [0, 0.05) is 6.42 Å². The second kappa shape index (κ2) is 7.11. The van der Waals surface area contributed by atoms with Crippen LogP contribution in [-0.2, 0) is 0 Å². The van der Waals surface area contributed by atoms with Crippen molar-refractivity contribution in [2.24, 2.45) is 0 Å². The number of hydrogen-bond acceptors (Lipinski definition) is 2. The number of hydrogen-bond donors (Lipinski definition) is 1. The number of aliphatic hydroxyl groups excluding tert-OH is 1. The number of ether oxygens (including phenoxy) is 1. The van der Waals surface area contributed by atoms with Crippen molar-refractivity contribution in [3.05, 3.63) is 65.7 Å². The lowest BCUT2D eigenvalue weighted by atomic mass is 10.0. The van der Waals surface area contributed by atoms with Crippen molar-refractivity contribution in [1.29, 1.82) is 0 Å². The van der Waals surface area contributed by atoms with Crippen molar-refractivity contribution < 1.29 is 9.84 Å². The maximum atomic E-state index is 10.1. The van der Waals surface area contributed by atoms with E-state index in [9.17, 15) is 5.11 Å². The Morgan fingerprint density at radius 3 is 2.35 bits per heavy atom. The zero-order chi connectivity index (χ0) is 14.4. The minimum Gasteiger partial charge on any atom is -0.493 e. The minimum atomic E-state index is -0.468. The third kappa shape index (κ3) is 4.10. The third-order valence-electron chi connectivity index (χ3n) is 3.37. The van der Waals surface area contributed by atoms with E-state index in [0.717, 1.165) is 11.3 Å². The molecule has 20 heavy (non-hydrogen) atoms. The first-order chi connectivity index (χ1) is 9.66. The summed E-state index contributed by atoms with van der Waals surface area (Å²) in [7, 11) is 0. The Balaban J connectivity index is 1.85. The standard InChI is InChI=1S/C18H22O2/c1-14(2)16-9-6-10-17(13-16)20-12-11-18(19)15-7-4-3-5-8-15/h3-10,13-14,18-19H,11-12H2,1-2H3. The molecule has 0 radical (unpaired) electrons. The van der Waals surface area contributed by atoms with E-state index in [1.165, 1.54) is 5.56 Å². The summed E-state index contributed by atoms with van der Waals surface area (Å²) < 4.78 is 5.73. The molecule has 2 rings (SSSR count). The van der Waals surface area contributed by atoms with Gasteiger partial charge in [0.2, 0.25) is 0 Å². The molecule has 0 fully saturated rings. The summed E-state index contributed by atoms with van der Waals surface area (Å²) in [6.07, 6.45) is 0.125. The van der Waals surface area contributed by atoms with Crippen LogP contribution in [0.15, 0.2) is 54.6 Å². The first kappa shape index (κ1) is 14.6. The molecule has 2 aromatic carbocycles. The molecule has 106 valence electrons. The van der Waals surface area contributed by atoms with Gasteiger partial charge in [-0.1, -0.05) is 56.3 Å². The maximum Gasteiger partial charge on any atom is 0.119 e. The van der Waals surface area contributed by atoms with E-state index < -0.39 is 6.10 Å². The fourth-order valence-electron chi connectivity index (χ4n) is 2.09. The van der Waals surface area contributed by atoms with Crippen LogP contribution in [-0.4, -0.2) is 11.7 Å². The summed E-state index contributed by atoms with van der Waals surface area (Å²) in [5.41, 5.74) is 2.21. The predicted molar refractivity (Wildman–Crippen MR) is 82.0 cm³/mol. The lowest BCUT2D eigenvalue weighted by Gasteiger charge is -2.13. The molecular formula is C18H22O2. The van der Waals surface area contributed by atoms with Crippen LogP contribution in [0, 0.1) is 0 Å². The summed E-state index contributed by atoms with van der Waals surface area (Å²) in [4.78, 5) is 0. The van der Waals surface area contributed by atoms with Crippen LogP contribution in [0.3, 0.4) is 0 Å². The van der Waals surface area contributed by atoms with E-state index in [-0.39, 0.29) is 0 Å². The van der Waals surface area contributed by atoms with E-state index in [1.54, 1.807) is 0 Å². The quantitative estimate of drug-likeness (QED) is 0.847. The Labute approximate surface area is 121 Å². The molecule has 2 nitrogen and oxygen atoms in total. The highest BCUT2D eigenvalue weighted by atomic mass is 16.5. The van der Waals surface area contributed by atoms with Gasteiger partial charge >= 0.3 is 0 Å². The van der Waals surface area contributed by atoms with Gasteiger partial charge in [-0.05, 0) is 29.2 Å². The van der Waals surface area contributed by atoms with Gasteiger partial charge in [-0.2, -0.15) is 0 Å². The molecule has 0 saturated heterocycles. The summed E-state index contributed by atoms with van der Waals surface area (Å²) in [6.45, 7) is 4.84. The number of benzene rings is 2. The van der Waals surface area contributed by atoms with Crippen molar-refractivity contribution in [2.75, 3.05) is 6.61 Å². The van der Waals surface area contributed by atoms with Gasteiger partial charge in [-0.15, -0.1) is 0 Å². The molecule has 0 aromatic heterocycles. The predicted octanol–water partition coefficient (Wildman–Crippen LogP) is 4.31. The van der Waals surface area contributed by atoms with Gasteiger partial charge in [-0.3, -0.25) is 0 Å². The van der Waals surface area contributed by atoms with Crippen LogP contribution in [0.25, 0.3) is 0 Å². The van der Waals surface area contributed by atoms with Crippen LogP contribution >= 0.6 is 0 Å². The van der Waals surface area contributed by atoms with Crippen LogP contribution in [0.1, 0.15) is 43.4 Å². The Bertz CT molecular complexity index is 520. The van der Waals surface area contributed by atoms with Crippen LogP contribution in [0.5, 0.6) is 5.75 Å². The highest BCUT2D eigenvalue weighted by Crippen LogP contribution is 2.21. The molecule has 0 heterocycles. The fraction of sp³-hybridized carbons (Fsp3) is 0.333. The van der Waals surface area contributed by atoms with Gasteiger partial charge in [0.05, 0.1) is 12.7 Å². The van der Waals surface area contributed by atoms with Crippen molar-refractivity contribution in [3.63, 3.8) is 0 Å². The molecule has 1 atom stereocenters. The van der Waals surface area contributed by atoms with Crippen molar-refractivity contribution in [2.45, 2.75) is 32.3 Å². The average molecular weight is 270 g/mol. The van der Waals surface area contributed by atoms with Gasteiger partial charge in [-0.25, -0.2) is 0 Å². The Morgan fingerprint density at radius 2 is 1.65 bits per heavy atom. The normalized spacial score (nSPS) is 12.4. The van der Waals surface area contributed by atoms with E-state index in [4.69, 9.17) is 4.74 Å². The molecule has 0 bridgehead atoms. The van der Waals surface area contributed by atoms with Crippen molar-refractivity contribution in [3.8, 4) is 5.75 Å². The molecule has 2 heteroatoms. The van der Waals surface area contributed by atoms with Crippen LogP contribution in [0.4, 0.5) is 0 Å². The van der Waals surface area contributed by atoms with E-state index in [0.29, 0.717) is 18.9 Å². The molecule has 1 N–H and O–H groups in total. The zero-order valence-electron chi connectivity index (χ0n) is 12.1. The first-order valence-electron chi connectivity index (χ1n) is 7.12.